The molecule has 0 aliphatic carbocycles. The maximum atomic E-state index is 12.2. The molecule has 1 N–H and O–H groups in total. The van der Waals surface area contributed by atoms with Crippen LogP contribution in [0.3, 0.4) is 0 Å². The molecule has 0 unspecified atom stereocenters. The fourth-order valence-corrected chi connectivity index (χ4v) is 1.43. The third-order valence-electron chi connectivity index (χ3n) is 2.23. The van der Waals surface area contributed by atoms with Gasteiger partial charge in [0.2, 0.25) is 0 Å². The van der Waals surface area contributed by atoms with Crippen LogP contribution < -0.4 is 5.32 Å². The van der Waals surface area contributed by atoms with Crippen LogP contribution in [-0.2, 0) is 6.18 Å². The van der Waals surface area contributed by atoms with Crippen LogP contribution >= 0.6 is 0 Å². The lowest BCUT2D eigenvalue weighted by Gasteiger charge is -2.06. The first kappa shape index (κ1) is 10.0. The molecule has 0 spiro atoms. The Labute approximate surface area is 84.8 Å². The zero-order valence-corrected chi connectivity index (χ0v) is 7.80. The van der Waals surface area contributed by atoms with Crippen molar-refractivity contribution in [2.24, 2.45) is 0 Å². The fourth-order valence-electron chi connectivity index (χ4n) is 1.43. The molecule has 0 aromatic carbocycles. The van der Waals surface area contributed by atoms with Crippen LogP contribution in [0.25, 0.3) is 5.57 Å². The average molecular weight is 214 g/mol. The molecule has 15 heavy (non-hydrogen) atoms. The highest BCUT2D eigenvalue weighted by molar-refractivity contribution is 5.64. The molecule has 1 aliphatic heterocycles. The zero-order chi connectivity index (χ0) is 10.9. The van der Waals surface area contributed by atoms with Gasteiger partial charge in [0.1, 0.15) is 0 Å². The van der Waals surface area contributed by atoms with Gasteiger partial charge in [-0.25, -0.2) is 0 Å². The Hall–Kier alpha value is -1.52. The second kappa shape index (κ2) is 3.56. The maximum Gasteiger partial charge on any atom is 0.417 e. The Morgan fingerprint density at radius 3 is 2.53 bits per heavy atom. The highest BCUT2D eigenvalue weighted by Gasteiger charge is 2.30. The van der Waals surface area contributed by atoms with Crippen molar-refractivity contribution in [3.05, 3.63) is 35.8 Å². The lowest BCUT2D eigenvalue weighted by Crippen LogP contribution is -2.05. The molecule has 2 nitrogen and oxygen atoms in total. The van der Waals surface area contributed by atoms with Crippen LogP contribution in [0.2, 0.25) is 0 Å². The second-order valence-electron chi connectivity index (χ2n) is 3.30. The van der Waals surface area contributed by atoms with Gasteiger partial charge in [0.15, 0.2) is 0 Å². The van der Waals surface area contributed by atoms with E-state index in [0.717, 1.165) is 30.8 Å². The normalized spacial score (nSPS) is 16.1. The van der Waals surface area contributed by atoms with Crippen molar-refractivity contribution in [1.82, 2.24) is 10.3 Å². The molecule has 80 valence electrons. The molecular formula is C10H9F3N2. The molecule has 0 saturated carbocycles. The van der Waals surface area contributed by atoms with E-state index in [1.807, 2.05) is 0 Å². The first-order chi connectivity index (χ1) is 7.07. The van der Waals surface area contributed by atoms with E-state index in [1.165, 1.54) is 6.07 Å². The summed E-state index contributed by atoms with van der Waals surface area (Å²) in [5, 5.41) is 2.99. The van der Waals surface area contributed by atoms with Gasteiger partial charge in [-0.05, 0) is 24.1 Å². The van der Waals surface area contributed by atoms with E-state index in [9.17, 15) is 13.2 Å². The smallest absolute Gasteiger partial charge is 0.390 e. The molecule has 0 atom stereocenters. The number of hydrogen-bond acceptors (Lipinski definition) is 2. The third-order valence-corrected chi connectivity index (χ3v) is 2.23. The van der Waals surface area contributed by atoms with Crippen LogP contribution in [0.4, 0.5) is 13.2 Å². The van der Waals surface area contributed by atoms with Crippen molar-refractivity contribution in [1.29, 1.82) is 0 Å². The summed E-state index contributed by atoms with van der Waals surface area (Å²) in [4.78, 5) is 3.80. The number of alkyl halides is 3. The fraction of sp³-hybridized carbons (Fsp3) is 0.300. The number of nitrogens with one attached hydrogen (secondary N) is 1. The van der Waals surface area contributed by atoms with Crippen LogP contribution in [0, 0.1) is 0 Å². The minimum atomic E-state index is -4.31. The summed E-state index contributed by atoms with van der Waals surface area (Å²) >= 11 is 0. The lowest BCUT2D eigenvalue weighted by molar-refractivity contribution is -0.137. The van der Waals surface area contributed by atoms with E-state index >= 15 is 0 Å². The molecule has 0 fully saturated rings. The van der Waals surface area contributed by atoms with E-state index in [2.05, 4.69) is 10.3 Å². The lowest BCUT2D eigenvalue weighted by atomic mass is 10.1. The molecule has 0 bridgehead atoms. The Morgan fingerprint density at radius 1 is 1.27 bits per heavy atom. The van der Waals surface area contributed by atoms with Crippen LogP contribution in [0.5, 0.6) is 0 Å². The monoisotopic (exact) mass is 214 g/mol. The highest BCUT2D eigenvalue weighted by atomic mass is 19.4. The van der Waals surface area contributed by atoms with Gasteiger partial charge in [-0.2, -0.15) is 13.2 Å². The van der Waals surface area contributed by atoms with E-state index in [-0.39, 0.29) is 0 Å². The summed E-state index contributed by atoms with van der Waals surface area (Å²) in [6, 6.07) is 2.46. The van der Waals surface area contributed by atoms with Gasteiger partial charge in [-0.15, -0.1) is 0 Å². The molecule has 0 amide bonds. The average Bonchev–Trinajstić information content (AvgIpc) is 2.69. The molecule has 1 aromatic heterocycles. The molecule has 2 heterocycles. The Morgan fingerprint density at radius 2 is 2.07 bits per heavy atom. The molecule has 2 rings (SSSR count). The summed E-state index contributed by atoms with van der Waals surface area (Å²) in [7, 11) is 0. The van der Waals surface area contributed by atoms with Crippen molar-refractivity contribution in [2.45, 2.75) is 12.6 Å². The summed E-state index contributed by atoms with van der Waals surface area (Å²) in [6.45, 7) is 0.817. The van der Waals surface area contributed by atoms with Crippen LogP contribution in [0.1, 0.15) is 17.7 Å². The van der Waals surface area contributed by atoms with Crippen LogP contribution in [-0.4, -0.2) is 11.5 Å². The molecule has 1 aromatic rings. The van der Waals surface area contributed by atoms with Gasteiger partial charge in [0.05, 0.1) is 11.3 Å². The Bertz CT molecular complexity index is 379. The predicted molar refractivity (Wildman–Crippen MR) is 49.8 cm³/mol. The van der Waals surface area contributed by atoms with E-state index in [1.54, 1.807) is 6.20 Å². The van der Waals surface area contributed by atoms with Gasteiger partial charge in [0, 0.05) is 18.9 Å². The second-order valence-corrected chi connectivity index (χ2v) is 3.30. The molecule has 0 radical (unpaired) electrons. The number of pyridine rings is 1. The summed E-state index contributed by atoms with van der Waals surface area (Å²) in [6.07, 6.45) is -0.851. The quantitative estimate of drug-likeness (QED) is 0.776. The van der Waals surface area contributed by atoms with Gasteiger partial charge in [0.25, 0.3) is 0 Å². The van der Waals surface area contributed by atoms with Crippen molar-refractivity contribution < 1.29 is 13.2 Å². The predicted octanol–water partition coefficient (Wildman–Crippen LogP) is 2.43. The van der Waals surface area contributed by atoms with Gasteiger partial charge in [-0.1, -0.05) is 0 Å². The molecule has 1 aliphatic rings. The Kier molecular flexibility index (Phi) is 2.38. The van der Waals surface area contributed by atoms with Gasteiger partial charge in [-0.3, -0.25) is 4.98 Å². The van der Waals surface area contributed by atoms with Crippen LogP contribution in [0.15, 0.2) is 24.5 Å². The highest BCUT2D eigenvalue weighted by Crippen LogP contribution is 2.29. The van der Waals surface area contributed by atoms with E-state index in [4.69, 9.17) is 0 Å². The SMILES string of the molecule is FC(F)(F)c1ccc(C2=CNCC2)nc1. The van der Waals surface area contributed by atoms with Gasteiger partial charge >= 0.3 is 6.18 Å². The zero-order valence-electron chi connectivity index (χ0n) is 7.80. The minimum Gasteiger partial charge on any atom is -0.390 e. The largest absolute Gasteiger partial charge is 0.417 e. The summed E-state index contributed by atoms with van der Waals surface area (Å²) in [5.74, 6) is 0. The Balaban J connectivity index is 2.24. The number of rotatable bonds is 1. The summed E-state index contributed by atoms with van der Waals surface area (Å²) < 4.78 is 36.7. The number of halogens is 3. The molecular weight excluding hydrogens is 205 g/mol. The van der Waals surface area contributed by atoms with Crippen molar-refractivity contribution in [2.75, 3.05) is 6.54 Å². The number of hydrogen-bond donors (Lipinski definition) is 1. The first-order valence-electron chi connectivity index (χ1n) is 4.53. The van der Waals surface area contributed by atoms with Crippen molar-refractivity contribution >= 4 is 5.57 Å². The van der Waals surface area contributed by atoms with Gasteiger partial charge < -0.3 is 5.32 Å². The first-order valence-corrected chi connectivity index (χ1v) is 4.53. The van der Waals surface area contributed by atoms with Crippen molar-refractivity contribution in [3.8, 4) is 0 Å². The van der Waals surface area contributed by atoms with E-state index in [0.29, 0.717) is 5.69 Å². The van der Waals surface area contributed by atoms with Crippen molar-refractivity contribution in [3.63, 3.8) is 0 Å². The maximum absolute atomic E-state index is 12.2. The number of nitrogens with zero attached hydrogens (tertiary/aromatic N) is 1. The minimum absolute atomic E-state index is 0.605. The third kappa shape index (κ3) is 2.11. The molecule has 0 saturated heterocycles. The summed E-state index contributed by atoms with van der Waals surface area (Å²) in [5.41, 5.74) is 0.842. The topological polar surface area (TPSA) is 24.9 Å². The standard InChI is InChI=1S/C10H9F3N2/c11-10(12,13)8-1-2-9(15-6-8)7-3-4-14-5-7/h1-2,5-6,14H,3-4H2. The van der Waals surface area contributed by atoms with E-state index < -0.39 is 11.7 Å². The molecule has 5 heteroatoms. The number of aromatic nitrogens is 1.